The second kappa shape index (κ2) is 10.3. The Hall–Kier alpha value is -1.39. The summed E-state index contributed by atoms with van der Waals surface area (Å²) in [4.78, 5) is 17.5. The van der Waals surface area contributed by atoms with Crippen LogP contribution in [0.15, 0.2) is 35.3 Å². The summed E-state index contributed by atoms with van der Waals surface area (Å²) in [6, 6.07) is 9.94. The van der Waals surface area contributed by atoms with E-state index in [0.717, 1.165) is 5.56 Å². The minimum atomic E-state index is -1.95. The Morgan fingerprint density at radius 2 is 2.00 bits per heavy atom. The van der Waals surface area contributed by atoms with Crippen molar-refractivity contribution in [3.05, 3.63) is 35.9 Å². The highest BCUT2D eigenvalue weighted by Crippen LogP contribution is 2.40. The quantitative estimate of drug-likeness (QED) is 0.542. The number of rotatable bonds is 7. The van der Waals surface area contributed by atoms with Gasteiger partial charge in [-0.05, 0) is 30.6 Å². The lowest BCUT2D eigenvalue weighted by atomic mass is 10.0. The monoisotopic (exact) mass is 480 g/mol. The van der Waals surface area contributed by atoms with Crippen LogP contribution in [0.2, 0.25) is 18.1 Å². The van der Waals surface area contributed by atoms with E-state index in [4.69, 9.17) is 13.9 Å². The van der Waals surface area contributed by atoms with E-state index in [9.17, 15) is 9.90 Å². The van der Waals surface area contributed by atoms with E-state index in [1.54, 1.807) is 0 Å². The van der Waals surface area contributed by atoms with Gasteiger partial charge in [0.2, 0.25) is 0 Å². The maximum absolute atomic E-state index is 11.6. The summed E-state index contributed by atoms with van der Waals surface area (Å²) >= 11 is 1.39. The number of ether oxygens (including phenoxy) is 2. The zero-order valence-corrected chi connectivity index (χ0v) is 21.7. The Kier molecular flexibility index (Phi) is 8.09. The average Bonchev–Trinajstić information content (AvgIpc) is 3.12. The van der Waals surface area contributed by atoms with Gasteiger partial charge in [0.25, 0.3) is 0 Å². The highest BCUT2D eigenvalue weighted by atomic mass is 32.2. The molecule has 0 spiro atoms. The van der Waals surface area contributed by atoms with Gasteiger partial charge >= 0.3 is 6.09 Å². The van der Waals surface area contributed by atoms with Gasteiger partial charge in [-0.25, -0.2) is 4.79 Å². The minimum Gasteiger partial charge on any atom is -0.465 e. The zero-order valence-electron chi connectivity index (χ0n) is 19.9. The molecule has 3 rings (SSSR count). The molecule has 2 aliphatic heterocycles. The second-order valence-corrected chi connectivity index (χ2v) is 15.7. The van der Waals surface area contributed by atoms with E-state index in [1.165, 1.54) is 16.7 Å². The highest BCUT2D eigenvalue weighted by molar-refractivity contribution is 8.14. The van der Waals surface area contributed by atoms with Crippen molar-refractivity contribution in [2.24, 2.45) is 4.99 Å². The van der Waals surface area contributed by atoms with Crippen molar-refractivity contribution in [2.75, 3.05) is 13.2 Å². The van der Waals surface area contributed by atoms with Crippen LogP contribution in [0.1, 0.15) is 39.7 Å². The van der Waals surface area contributed by atoms with Gasteiger partial charge in [0.1, 0.15) is 11.5 Å². The summed E-state index contributed by atoms with van der Waals surface area (Å²) in [6.45, 7) is 14.2. The summed E-state index contributed by atoms with van der Waals surface area (Å²) in [6.07, 6.45) is -0.718. The molecule has 4 atom stereocenters. The molecule has 1 saturated heterocycles. The first-order chi connectivity index (χ1) is 15.0. The van der Waals surface area contributed by atoms with Crippen molar-refractivity contribution in [2.45, 2.75) is 82.5 Å². The van der Waals surface area contributed by atoms with Gasteiger partial charge in [-0.2, -0.15) is 0 Å². The third-order valence-electron chi connectivity index (χ3n) is 6.51. The average molecular weight is 481 g/mol. The van der Waals surface area contributed by atoms with Crippen molar-refractivity contribution >= 4 is 31.3 Å². The van der Waals surface area contributed by atoms with Crippen molar-refractivity contribution in [1.82, 2.24) is 4.90 Å². The maximum atomic E-state index is 11.6. The van der Waals surface area contributed by atoms with Crippen molar-refractivity contribution < 1.29 is 23.8 Å². The van der Waals surface area contributed by atoms with Crippen molar-refractivity contribution in [3.8, 4) is 0 Å². The molecule has 1 aromatic rings. The summed E-state index contributed by atoms with van der Waals surface area (Å²) < 4.78 is 19.2. The highest BCUT2D eigenvalue weighted by Gasteiger charge is 2.46. The van der Waals surface area contributed by atoms with E-state index in [-0.39, 0.29) is 28.7 Å². The Bertz CT molecular complexity index is 814. The first-order valence-electron chi connectivity index (χ1n) is 11.2. The van der Waals surface area contributed by atoms with Crippen molar-refractivity contribution in [1.29, 1.82) is 0 Å². The fourth-order valence-electron chi connectivity index (χ4n) is 3.44. The van der Waals surface area contributed by atoms with E-state index in [0.29, 0.717) is 31.3 Å². The molecule has 9 heteroatoms. The van der Waals surface area contributed by atoms with Crippen LogP contribution in [0.25, 0.3) is 0 Å². The van der Waals surface area contributed by atoms with Crippen LogP contribution in [0, 0.1) is 0 Å². The van der Waals surface area contributed by atoms with E-state index >= 15 is 0 Å². The number of hydrogen-bond acceptors (Lipinski definition) is 6. The van der Waals surface area contributed by atoms with E-state index in [2.05, 4.69) is 38.9 Å². The number of benzene rings is 1. The molecule has 0 aromatic heterocycles. The molecule has 1 amide bonds. The fraction of sp³-hybridized carbons (Fsp3) is 0.652. The van der Waals surface area contributed by atoms with Crippen LogP contribution in [0.3, 0.4) is 0 Å². The number of hydrogen-bond donors (Lipinski definition) is 1. The number of carboxylic acid groups (broad SMARTS) is 1. The predicted octanol–water partition coefficient (Wildman–Crippen LogP) is 5.18. The Morgan fingerprint density at radius 1 is 1.31 bits per heavy atom. The molecule has 2 heterocycles. The molecule has 0 bridgehead atoms. The molecule has 2 aliphatic rings. The third kappa shape index (κ3) is 5.94. The number of aliphatic imine (C=N–C) groups is 1. The molecule has 0 radical (unpaired) electrons. The Labute approximate surface area is 196 Å². The maximum Gasteiger partial charge on any atom is 0.413 e. The molecular weight excluding hydrogens is 444 g/mol. The first-order valence-corrected chi connectivity index (χ1v) is 15.0. The number of carbonyl (C=O) groups is 1. The van der Waals surface area contributed by atoms with Crippen LogP contribution in [-0.4, -0.2) is 66.4 Å². The van der Waals surface area contributed by atoms with Crippen LogP contribution in [0.5, 0.6) is 0 Å². The van der Waals surface area contributed by atoms with Gasteiger partial charge < -0.3 is 19.0 Å². The molecule has 7 nitrogen and oxygen atoms in total. The number of thioether (sulfide) groups is 1. The lowest BCUT2D eigenvalue weighted by Crippen LogP contribution is -2.50. The SMILES string of the molecule is CCN(C(=O)O)C1=N[C@@H]2C[C@H](OCc3ccccc3)[C@@H](CO[Si](C)(C)C(C)(C)C)O[C@@H]2S1. The fourth-order valence-corrected chi connectivity index (χ4v) is 5.72. The molecule has 178 valence electrons. The molecule has 1 fully saturated rings. The Balaban J connectivity index is 1.73. The van der Waals surface area contributed by atoms with Gasteiger partial charge in [-0.1, -0.05) is 62.9 Å². The number of amides is 1. The third-order valence-corrected chi connectivity index (χ3v) is 12.2. The van der Waals surface area contributed by atoms with Gasteiger partial charge in [0.05, 0.1) is 25.4 Å². The molecule has 0 aliphatic carbocycles. The number of fused-ring (bicyclic) bond motifs is 1. The lowest BCUT2D eigenvalue weighted by molar-refractivity contribution is -0.138. The number of amidine groups is 1. The standard InChI is InChI=1S/C23H36N2O5SSi/c1-7-25(22(26)27)21-24-17-13-18(28-14-16-11-9-8-10-12-16)19(30-20(17)31-21)15-29-32(5,6)23(2,3)4/h8-12,17-20H,7,13-15H2,1-6H3,(H,26,27)/t17-,18+,19-,20-/m1/s1. The van der Waals surface area contributed by atoms with Gasteiger partial charge in [-0.15, -0.1) is 0 Å². The number of nitrogens with zero attached hydrogens (tertiary/aromatic N) is 2. The molecule has 32 heavy (non-hydrogen) atoms. The minimum absolute atomic E-state index is 0.103. The molecule has 1 aromatic carbocycles. The smallest absolute Gasteiger partial charge is 0.413 e. The normalized spacial score (nSPS) is 25.9. The molecular formula is C23H36N2O5SSi. The van der Waals surface area contributed by atoms with Crippen LogP contribution >= 0.6 is 11.8 Å². The van der Waals surface area contributed by atoms with Crippen LogP contribution < -0.4 is 0 Å². The molecule has 0 unspecified atom stereocenters. The summed E-state index contributed by atoms with van der Waals surface area (Å²) in [5.41, 5.74) is 0.884. The predicted molar refractivity (Wildman–Crippen MR) is 131 cm³/mol. The Morgan fingerprint density at radius 3 is 2.59 bits per heavy atom. The molecule has 1 N–H and O–H groups in total. The van der Waals surface area contributed by atoms with Crippen LogP contribution in [0.4, 0.5) is 4.79 Å². The topological polar surface area (TPSA) is 80.6 Å². The second-order valence-electron chi connectivity index (χ2n) is 9.81. The molecule has 0 saturated carbocycles. The van der Waals surface area contributed by atoms with Gasteiger partial charge in [-0.3, -0.25) is 9.89 Å². The zero-order chi connectivity index (χ0) is 23.5. The lowest BCUT2D eigenvalue weighted by Gasteiger charge is -2.41. The van der Waals surface area contributed by atoms with Crippen molar-refractivity contribution in [3.63, 3.8) is 0 Å². The van der Waals surface area contributed by atoms with Crippen LogP contribution in [-0.2, 0) is 20.5 Å². The summed E-state index contributed by atoms with van der Waals surface area (Å²) in [5, 5.41) is 10.1. The first kappa shape index (κ1) is 25.2. The van der Waals surface area contributed by atoms with E-state index in [1.807, 2.05) is 37.3 Å². The summed E-state index contributed by atoms with van der Waals surface area (Å²) in [7, 11) is -1.95. The largest absolute Gasteiger partial charge is 0.465 e. The van der Waals surface area contributed by atoms with Gasteiger partial charge in [0, 0.05) is 13.0 Å². The van der Waals surface area contributed by atoms with E-state index < -0.39 is 14.4 Å². The van der Waals surface area contributed by atoms with Gasteiger partial charge in [0.15, 0.2) is 13.5 Å². The summed E-state index contributed by atoms with van der Waals surface area (Å²) in [5.74, 6) is 0.